The minimum atomic E-state index is 0.429. The van der Waals surface area contributed by atoms with Crippen LogP contribution in [0, 0.1) is 13.8 Å². The molecule has 0 heterocycles. The highest BCUT2D eigenvalue weighted by atomic mass is 15.2. The van der Waals surface area contributed by atoms with Crippen molar-refractivity contribution < 1.29 is 0 Å². The van der Waals surface area contributed by atoms with Gasteiger partial charge in [-0.1, -0.05) is 37.6 Å². The molecule has 2 nitrogen and oxygen atoms in total. The smallest absolute Gasteiger partial charge is 0.0452 e. The fraction of sp³-hybridized carbons (Fsp3) is 0.667. The summed E-state index contributed by atoms with van der Waals surface area (Å²) in [4.78, 5) is 2.53. The highest BCUT2D eigenvalue weighted by Gasteiger charge is 2.18. The zero-order chi connectivity index (χ0) is 15.1. The molecule has 0 saturated carbocycles. The molecule has 1 unspecified atom stereocenters. The number of nitrogens with one attached hydrogen (secondary N) is 1. The Hall–Kier alpha value is -0.860. The Bertz CT molecular complexity index is 398. The van der Waals surface area contributed by atoms with Gasteiger partial charge in [0.05, 0.1) is 0 Å². The summed E-state index contributed by atoms with van der Waals surface area (Å²) in [5.74, 6) is 0. The van der Waals surface area contributed by atoms with Crippen LogP contribution >= 0.6 is 0 Å². The highest BCUT2D eigenvalue weighted by molar-refractivity contribution is 5.33. The summed E-state index contributed by atoms with van der Waals surface area (Å²) in [5.41, 5.74) is 4.19. The lowest BCUT2D eigenvalue weighted by Gasteiger charge is -2.31. The van der Waals surface area contributed by atoms with E-state index in [4.69, 9.17) is 0 Å². The summed E-state index contributed by atoms with van der Waals surface area (Å²) in [6.45, 7) is 16.7. The number of rotatable bonds is 8. The first-order valence-electron chi connectivity index (χ1n) is 8.04. The van der Waals surface area contributed by atoms with Crippen molar-refractivity contribution in [3.05, 3.63) is 34.9 Å². The van der Waals surface area contributed by atoms with Crippen molar-refractivity contribution in [3.63, 3.8) is 0 Å². The molecule has 2 heteroatoms. The molecule has 0 aliphatic heterocycles. The summed E-state index contributed by atoms with van der Waals surface area (Å²) in [6, 6.07) is 7.84. The van der Waals surface area contributed by atoms with E-state index in [1.807, 2.05) is 0 Å². The van der Waals surface area contributed by atoms with Crippen LogP contribution in [-0.2, 0) is 0 Å². The molecule has 1 aromatic rings. The molecule has 0 aliphatic rings. The van der Waals surface area contributed by atoms with Gasteiger partial charge < -0.3 is 5.32 Å². The monoisotopic (exact) mass is 276 g/mol. The van der Waals surface area contributed by atoms with Crippen LogP contribution in [0.25, 0.3) is 0 Å². The van der Waals surface area contributed by atoms with Gasteiger partial charge in [0.15, 0.2) is 0 Å². The van der Waals surface area contributed by atoms with Crippen molar-refractivity contribution in [2.45, 2.75) is 60.0 Å². The molecule has 1 atom stereocenters. The number of nitrogens with zero attached hydrogens (tertiary/aromatic N) is 1. The molecule has 0 amide bonds. The van der Waals surface area contributed by atoms with E-state index in [1.165, 1.54) is 23.1 Å². The van der Waals surface area contributed by atoms with Crippen molar-refractivity contribution in [3.8, 4) is 0 Å². The van der Waals surface area contributed by atoms with Crippen molar-refractivity contribution in [2.75, 3.05) is 19.6 Å². The third kappa shape index (κ3) is 4.92. The predicted octanol–water partition coefficient (Wildman–Crippen LogP) is 4.07. The third-order valence-corrected chi connectivity index (χ3v) is 4.00. The molecule has 1 rings (SSSR count). The van der Waals surface area contributed by atoms with Crippen LogP contribution in [0.4, 0.5) is 0 Å². The average Bonchev–Trinajstić information content (AvgIpc) is 2.39. The molecule has 1 aromatic carbocycles. The first-order chi connectivity index (χ1) is 9.49. The summed E-state index contributed by atoms with van der Waals surface area (Å²) >= 11 is 0. The first kappa shape index (κ1) is 17.2. The minimum absolute atomic E-state index is 0.429. The molecule has 0 bridgehead atoms. The Labute approximate surface area is 125 Å². The highest BCUT2D eigenvalue weighted by Crippen LogP contribution is 2.21. The second-order valence-electron chi connectivity index (χ2n) is 6.05. The van der Waals surface area contributed by atoms with Gasteiger partial charge >= 0.3 is 0 Å². The van der Waals surface area contributed by atoms with Crippen LogP contribution in [0.15, 0.2) is 18.2 Å². The lowest BCUT2D eigenvalue weighted by Crippen LogP contribution is -2.39. The third-order valence-electron chi connectivity index (χ3n) is 4.00. The van der Waals surface area contributed by atoms with Gasteiger partial charge in [0.25, 0.3) is 0 Å². The summed E-state index contributed by atoms with van der Waals surface area (Å²) < 4.78 is 0. The molecule has 114 valence electrons. The van der Waals surface area contributed by atoms with E-state index < -0.39 is 0 Å². The van der Waals surface area contributed by atoms with Crippen LogP contribution < -0.4 is 5.32 Å². The van der Waals surface area contributed by atoms with E-state index in [2.05, 4.69) is 70.0 Å². The van der Waals surface area contributed by atoms with Crippen molar-refractivity contribution in [1.82, 2.24) is 10.2 Å². The molecule has 0 aliphatic carbocycles. The maximum atomic E-state index is 3.72. The number of benzene rings is 1. The van der Waals surface area contributed by atoms with E-state index in [1.54, 1.807) is 0 Å². The standard InChI is InChI=1S/C18H32N2/c1-7-11-19-18(13-20(8-2)14(3)4)17-10-9-15(5)12-16(17)6/h9-10,12,14,18-19H,7-8,11,13H2,1-6H3. The van der Waals surface area contributed by atoms with Gasteiger partial charge in [-0.2, -0.15) is 0 Å². The first-order valence-corrected chi connectivity index (χ1v) is 8.04. The van der Waals surface area contributed by atoms with Gasteiger partial charge in [-0.05, 0) is 58.3 Å². The zero-order valence-corrected chi connectivity index (χ0v) is 14.2. The van der Waals surface area contributed by atoms with Gasteiger partial charge in [0.1, 0.15) is 0 Å². The number of likely N-dealkylation sites (N-methyl/N-ethyl adjacent to an activating group) is 1. The fourth-order valence-corrected chi connectivity index (χ4v) is 2.75. The largest absolute Gasteiger partial charge is 0.309 e. The second-order valence-corrected chi connectivity index (χ2v) is 6.05. The van der Waals surface area contributed by atoms with Crippen molar-refractivity contribution >= 4 is 0 Å². The summed E-state index contributed by atoms with van der Waals surface area (Å²) in [7, 11) is 0. The van der Waals surface area contributed by atoms with Crippen molar-refractivity contribution in [2.24, 2.45) is 0 Å². The Morgan fingerprint density at radius 1 is 1.15 bits per heavy atom. The van der Waals surface area contributed by atoms with Crippen molar-refractivity contribution in [1.29, 1.82) is 0 Å². The maximum Gasteiger partial charge on any atom is 0.0452 e. The molecular weight excluding hydrogens is 244 g/mol. The van der Waals surface area contributed by atoms with Gasteiger partial charge in [0.2, 0.25) is 0 Å². The quantitative estimate of drug-likeness (QED) is 0.770. The molecule has 0 saturated heterocycles. The Morgan fingerprint density at radius 2 is 1.85 bits per heavy atom. The van der Waals surface area contributed by atoms with E-state index in [0.29, 0.717) is 12.1 Å². The lowest BCUT2D eigenvalue weighted by atomic mass is 9.98. The summed E-state index contributed by atoms with van der Waals surface area (Å²) in [5, 5.41) is 3.72. The van der Waals surface area contributed by atoms with Gasteiger partial charge in [-0.15, -0.1) is 0 Å². The number of hydrogen-bond acceptors (Lipinski definition) is 2. The topological polar surface area (TPSA) is 15.3 Å². The van der Waals surface area contributed by atoms with E-state index in [-0.39, 0.29) is 0 Å². The van der Waals surface area contributed by atoms with E-state index >= 15 is 0 Å². The van der Waals surface area contributed by atoms with Crippen LogP contribution in [0.5, 0.6) is 0 Å². The normalized spacial score (nSPS) is 13.2. The Morgan fingerprint density at radius 3 is 2.35 bits per heavy atom. The van der Waals surface area contributed by atoms with Gasteiger partial charge in [-0.3, -0.25) is 4.90 Å². The fourth-order valence-electron chi connectivity index (χ4n) is 2.75. The second kappa shape index (κ2) is 8.43. The zero-order valence-electron chi connectivity index (χ0n) is 14.2. The van der Waals surface area contributed by atoms with Gasteiger partial charge in [-0.25, -0.2) is 0 Å². The van der Waals surface area contributed by atoms with E-state index in [0.717, 1.165) is 19.6 Å². The molecule has 1 N–H and O–H groups in total. The Balaban J connectivity index is 2.92. The summed E-state index contributed by atoms with van der Waals surface area (Å²) in [6.07, 6.45) is 1.18. The van der Waals surface area contributed by atoms with E-state index in [9.17, 15) is 0 Å². The van der Waals surface area contributed by atoms with Crippen LogP contribution in [0.1, 0.15) is 56.8 Å². The molecule has 0 fully saturated rings. The SMILES string of the molecule is CCCNC(CN(CC)C(C)C)c1ccc(C)cc1C. The molecule has 0 spiro atoms. The van der Waals surface area contributed by atoms with Crippen LogP contribution in [0.3, 0.4) is 0 Å². The van der Waals surface area contributed by atoms with Gasteiger partial charge in [0, 0.05) is 18.6 Å². The number of aryl methyl sites for hydroxylation is 2. The minimum Gasteiger partial charge on any atom is -0.309 e. The molecule has 0 aromatic heterocycles. The van der Waals surface area contributed by atoms with Crippen LogP contribution in [-0.4, -0.2) is 30.6 Å². The maximum absolute atomic E-state index is 3.72. The predicted molar refractivity (Wildman–Crippen MR) is 89.3 cm³/mol. The molecule has 20 heavy (non-hydrogen) atoms. The Kier molecular flexibility index (Phi) is 7.25. The molecular formula is C18H32N2. The number of hydrogen-bond donors (Lipinski definition) is 1. The van der Waals surface area contributed by atoms with Crippen LogP contribution in [0.2, 0.25) is 0 Å². The lowest BCUT2D eigenvalue weighted by molar-refractivity contribution is 0.207. The molecule has 0 radical (unpaired) electrons. The average molecular weight is 276 g/mol.